The summed E-state index contributed by atoms with van der Waals surface area (Å²) >= 11 is 15.5. The third-order valence-electron chi connectivity index (χ3n) is 2.88. The van der Waals surface area contributed by atoms with E-state index in [2.05, 4.69) is 21.0 Å². The van der Waals surface area contributed by atoms with Crippen LogP contribution in [0.1, 0.15) is 37.0 Å². The second-order valence-electron chi connectivity index (χ2n) is 5.57. The molecular weight excluding hydrogens is 379 g/mol. The van der Waals surface area contributed by atoms with E-state index in [1.54, 1.807) is 22.9 Å². The van der Waals surface area contributed by atoms with Crippen molar-refractivity contribution in [3.63, 3.8) is 0 Å². The Kier molecular flexibility index (Phi) is 4.38. The van der Waals surface area contributed by atoms with Gasteiger partial charge in [0, 0.05) is 10.4 Å². The van der Waals surface area contributed by atoms with Crippen LogP contribution in [-0.2, 0) is 5.41 Å². The number of nitrogens with zero attached hydrogens (tertiary/aromatic N) is 2. The standard InChI is InChI=1S/C14H13BrCl2N2O2/c1-14(2,3)12-10(15)11(13(20)21)18-19(12)9-5-4-7(16)6-8(9)17/h4-6H,1-3H3,(H,20,21). The molecule has 112 valence electrons. The number of aromatic nitrogens is 2. The Labute approximate surface area is 140 Å². The van der Waals surface area contributed by atoms with E-state index in [0.717, 1.165) is 5.69 Å². The van der Waals surface area contributed by atoms with Gasteiger partial charge in [-0.15, -0.1) is 0 Å². The van der Waals surface area contributed by atoms with Gasteiger partial charge in [0.15, 0.2) is 5.69 Å². The molecule has 2 aromatic rings. The smallest absolute Gasteiger partial charge is 0.357 e. The molecule has 0 spiro atoms. The first-order valence-corrected chi connectivity index (χ1v) is 7.65. The van der Waals surface area contributed by atoms with Crippen LogP contribution in [0.15, 0.2) is 22.7 Å². The van der Waals surface area contributed by atoms with Gasteiger partial charge < -0.3 is 5.11 Å². The Bertz CT molecular complexity index is 720. The molecule has 0 amide bonds. The van der Waals surface area contributed by atoms with Crippen LogP contribution in [0.25, 0.3) is 5.69 Å². The SMILES string of the molecule is CC(C)(C)c1c(Br)c(C(=O)O)nn1-c1ccc(Cl)cc1Cl. The van der Waals surface area contributed by atoms with E-state index in [1.807, 2.05) is 20.8 Å². The van der Waals surface area contributed by atoms with Gasteiger partial charge in [0.05, 0.1) is 20.9 Å². The first-order valence-electron chi connectivity index (χ1n) is 6.10. The summed E-state index contributed by atoms with van der Waals surface area (Å²) in [5.74, 6) is -1.10. The fourth-order valence-corrected chi connectivity index (χ4v) is 3.51. The molecule has 0 radical (unpaired) electrons. The molecule has 1 aromatic carbocycles. The molecule has 21 heavy (non-hydrogen) atoms. The molecule has 0 aliphatic carbocycles. The fourth-order valence-electron chi connectivity index (χ4n) is 2.01. The highest BCUT2D eigenvalue weighted by Gasteiger charge is 2.30. The van der Waals surface area contributed by atoms with Gasteiger partial charge in [-0.2, -0.15) is 5.10 Å². The van der Waals surface area contributed by atoms with Gasteiger partial charge in [0.25, 0.3) is 0 Å². The van der Waals surface area contributed by atoms with E-state index < -0.39 is 5.97 Å². The van der Waals surface area contributed by atoms with Crippen molar-refractivity contribution >= 4 is 45.1 Å². The maximum atomic E-state index is 11.3. The minimum Gasteiger partial charge on any atom is -0.476 e. The van der Waals surface area contributed by atoms with Crippen molar-refractivity contribution in [3.05, 3.63) is 44.1 Å². The lowest BCUT2D eigenvalue weighted by molar-refractivity contribution is 0.0689. The van der Waals surface area contributed by atoms with Crippen LogP contribution >= 0.6 is 39.1 Å². The highest BCUT2D eigenvalue weighted by Crippen LogP contribution is 2.36. The zero-order valence-corrected chi connectivity index (χ0v) is 14.7. The Morgan fingerprint density at radius 3 is 2.43 bits per heavy atom. The second-order valence-corrected chi connectivity index (χ2v) is 7.21. The first-order chi connectivity index (χ1) is 9.62. The van der Waals surface area contributed by atoms with Crippen molar-refractivity contribution < 1.29 is 9.90 Å². The molecule has 0 atom stereocenters. The number of halogens is 3. The number of hydrogen-bond donors (Lipinski definition) is 1. The van der Waals surface area contributed by atoms with E-state index in [1.165, 1.54) is 0 Å². The molecule has 0 saturated carbocycles. The predicted molar refractivity (Wildman–Crippen MR) is 86.9 cm³/mol. The maximum Gasteiger partial charge on any atom is 0.357 e. The minimum atomic E-state index is -1.10. The lowest BCUT2D eigenvalue weighted by Gasteiger charge is -2.21. The largest absolute Gasteiger partial charge is 0.476 e. The normalized spacial score (nSPS) is 11.7. The van der Waals surface area contributed by atoms with E-state index in [4.69, 9.17) is 23.2 Å². The summed E-state index contributed by atoms with van der Waals surface area (Å²) in [6.45, 7) is 5.92. The minimum absolute atomic E-state index is 0.0501. The molecule has 0 aliphatic rings. The van der Waals surface area contributed by atoms with Crippen molar-refractivity contribution in [2.75, 3.05) is 0 Å². The van der Waals surface area contributed by atoms with Gasteiger partial charge >= 0.3 is 5.97 Å². The quantitative estimate of drug-likeness (QED) is 0.788. The predicted octanol–water partition coefficient (Wildman–Crippen LogP) is 4.94. The Hall–Kier alpha value is -1.04. The zero-order valence-electron chi connectivity index (χ0n) is 11.6. The van der Waals surface area contributed by atoms with Gasteiger partial charge in [-0.1, -0.05) is 44.0 Å². The van der Waals surface area contributed by atoms with Gasteiger partial charge in [0.1, 0.15) is 0 Å². The van der Waals surface area contributed by atoms with Gasteiger partial charge in [-0.3, -0.25) is 0 Å². The Balaban J connectivity index is 2.79. The monoisotopic (exact) mass is 390 g/mol. The lowest BCUT2D eigenvalue weighted by Crippen LogP contribution is -2.18. The summed E-state index contributed by atoms with van der Waals surface area (Å²) in [6.07, 6.45) is 0. The summed E-state index contributed by atoms with van der Waals surface area (Å²) in [5, 5.41) is 14.4. The van der Waals surface area contributed by atoms with Crippen molar-refractivity contribution in [1.29, 1.82) is 0 Å². The van der Waals surface area contributed by atoms with Crippen LogP contribution in [0, 0.1) is 0 Å². The van der Waals surface area contributed by atoms with Gasteiger partial charge in [-0.05, 0) is 34.1 Å². The molecule has 1 aromatic heterocycles. The average Bonchev–Trinajstić information content (AvgIpc) is 2.66. The van der Waals surface area contributed by atoms with E-state index in [0.29, 0.717) is 20.2 Å². The molecule has 0 saturated heterocycles. The van der Waals surface area contributed by atoms with Crippen molar-refractivity contribution in [3.8, 4) is 5.69 Å². The molecule has 7 heteroatoms. The highest BCUT2D eigenvalue weighted by atomic mass is 79.9. The van der Waals surface area contributed by atoms with Gasteiger partial charge in [-0.25, -0.2) is 9.48 Å². The Morgan fingerprint density at radius 1 is 1.33 bits per heavy atom. The molecule has 0 unspecified atom stereocenters. The molecule has 1 heterocycles. The van der Waals surface area contributed by atoms with E-state index in [9.17, 15) is 9.90 Å². The van der Waals surface area contributed by atoms with Crippen LogP contribution in [0.4, 0.5) is 0 Å². The second kappa shape index (κ2) is 5.63. The van der Waals surface area contributed by atoms with Crippen molar-refractivity contribution in [2.24, 2.45) is 0 Å². The summed E-state index contributed by atoms with van der Waals surface area (Å²) < 4.78 is 2.00. The van der Waals surface area contributed by atoms with Gasteiger partial charge in [0.2, 0.25) is 0 Å². The van der Waals surface area contributed by atoms with Crippen LogP contribution in [-0.4, -0.2) is 20.9 Å². The van der Waals surface area contributed by atoms with Crippen LogP contribution in [0.5, 0.6) is 0 Å². The van der Waals surface area contributed by atoms with Crippen LogP contribution in [0.2, 0.25) is 10.0 Å². The number of benzene rings is 1. The summed E-state index contributed by atoms with van der Waals surface area (Å²) in [5.41, 5.74) is 0.928. The molecule has 4 nitrogen and oxygen atoms in total. The number of carboxylic acid groups (broad SMARTS) is 1. The van der Waals surface area contributed by atoms with Crippen LogP contribution < -0.4 is 0 Å². The fraction of sp³-hybridized carbons (Fsp3) is 0.286. The molecular formula is C14H13BrCl2N2O2. The average molecular weight is 392 g/mol. The number of rotatable bonds is 2. The van der Waals surface area contributed by atoms with Crippen molar-refractivity contribution in [2.45, 2.75) is 26.2 Å². The lowest BCUT2D eigenvalue weighted by atomic mass is 9.91. The third kappa shape index (κ3) is 3.10. The number of hydrogen-bond acceptors (Lipinski definition) is 2. The first kappa shape index (κ1) is 16.3. The van der Waals surface area contributed by atoms with E-state index >= 15 is 0 Å². The molecule has 0 bridgehead atoms. The molecule has 1 N–H and O–H groups in total. The summed E-state index contributed by atoms with van der Waals surface area (Å²) in [7, 11) is 0. The topological polar surface area (TPSA) is 55.1 Å². The number of carbonyl (C=O) groups is 1. The molecule has 0 aliphatic heterocycles. The summed E-state index contributed by atoms with van der Waals surface area (Å²) in [4.78, 5) is 11.3. The zero-order chi connectivity index (χ0) is 15.9. The third-order valence-corrected chi connectivity index (χ3v) is 4.17. The van der Waals surface area contributed by atoms with Crippen molar-refractivity contribution in [1.82, 2.24) is 9.78 Å². The molecule has 0 fully saturated rings. The number of carboxylic acids is 1. The Morgan fingerprint density at radius 2 is 1.95 bits per heavy atom. The van der Waals surface area contributed by atoms with Crippen LogP contribution in [0.3, 0.4) is 0 Å². The highest BCUT2D eigenvalue weighted by molar-refractivity contribution is 9.10. The summed E-state index contributed by atoms with van der Waals surface area (Å²) in [6, 6.07) is 5.00. The molecule has 2 rings (SSSR count). The van der Waals surface area contributed by atoms with E-state index in [-0.39, 0.29) is 11.1 Å². The maximum absolute atomic E-state index is 11.3. The number of aromatic carboxylic acids is 1.